The van der Waals surface area contributed by atoms with Crippen molar-refractivity contribution in [1.29, 1.82) is 0 Å². The van der Waals surface area contributed by atoms with Crippen molar-refractivity contribution in [2.45, 2.75) is 0 Å². The first kappa shape index (κ1) is 12.9. The summed E-state index contributed by atoms with van der Waals surface area (Å²) in [6.45, 7) is 0. The van der Waals surface area contributed by atoms with Crippen molar-refractivity contribution in [1.82, 2.24) is 5.43 Å². The van der Waals surface area contributed by atoms with Crippen molar-refractivity contribution in [2.24, 2.45) is 5.10 Å². The highest BCUT2D eigenvalue weighted by atomic mass is 19.1. The Hall–Kier alpha value is -2.56. The van der Waals surface area contributed by atoms with E-state index in [1.54, 1.807) is 12.1 Å². The number of amides is 1. The molecule has 2 aromatic rings. The highest BCUT2D eigenvalue weighted by Gasteiger charge is 2.08. The molecule has 3 nitrogen and oxygen atoms in total. The highest BCUT2D eigenvalue weighted by Crippen LogP contribution is 2.05. The first-order valence-electron chi connectivity index (χ1n) is 5.50. The second-order valence-electron chi connectivity index (χ2n) is 3.73. The monoisotopic (exact) mass is 260 g/mol. The molecule has 0 unspecified atom stereocenters. The Morgan fingerprint density at radius 1 is 1.11 bits per heavy atom. The third kappa shape index (κ3) is 3.45. The molecule has 0 radical (unpaired) electrons. The lowest BCUT2D eigenvalue weighted by Gasteiger charge is -2.00. The Labute approximate surface area is 108 Å². The minimum absolute atomic E-state index is 0.0982. The molecule has 0 saturated carbocycles. The smallest absolute Gasteiger partial charge is 0.267 e. The standard InChI is InChI=1S/C14H10F2N2O/c15-11-5-3-4-10(8-11)9-17-18-14(19)12-6-1-2-7-13(12)16/h1-9H,(H,18,19)/b17-9+. The van der Waals surface area contributed by atoms with Crippen molar-refractivity contribution in [2.75, 3.05) is 0 Å². The van der Waals surface area contributed by atoms with Crippen LogP contribution < -0.4 is 5.43 Å². The summed E-state index contributed by atoms with van der Waals surface area (Å²) in [5.41, 5.74) is 2.57. The zero-order valence-electron chi connectivity index (χ0n) is 9.81. The molecule has 1 N–H and O–H groups in total. The average molecular weight is 260 g/mol. The van der Waals surface area contributed by atoms with Crippen LogP contribution in [0, 0.1) is 11.6 Å². The van der Waals surface area contributed by atoms with Gasteiger partial charge in [0.2, 0.25) is 0 Å². The third-order valence-electron chi connectivity index (χ3n) is 2.35. The van der Waals surface area contributed by atoms with Gasteiger partial charge in [-0.05, 0) is 29.8 Å². The van der Waals surface area contributed by atoms with Gasteiger partial charge in [-0.15, -0.1) is 0 Å². The van der Waals surface area contributed by atoms with Crippen LogP contribution in [0.4, 0.5) is 8.78 Å². The van der Waals surface area contributed by atoms with Gasteiger partial charge >= 0.3 is 0 Å². The fraction of sp³-hybridized carbons (Fsp3) is 0. The van der Waals surface area contributed by atoms with Crippen molar-refractivity contribution in [3.05, 3.63) is 71.3 Å². The van der Waals surface area contributed by atoms with Gasteiger partial charge in [0, 0.05) is 0 Å². The summed E-state index contributed by atoms with van der Waals surface area (Å²) in [6.07, 6.45) is 1.28. The van der Waals surface area contributed by atoms with Crippen LogP contribution in [0.5, 0.6) is 0 Å². The molecule has 0 aliphatic rings. The van der Waals surface area contributed by atoms with E-state index in [0.717, 1.165) is 0 Å². The van der Waals surface area contributed by atoms with E-state index in [0.29, 0.717) is 5.56 Å². The zero-order valence-corrected chi connectivity index (χ0v) is 9.81. The van der Waals surface area contributed by atoms with Crippen LogP contribution >= 0.6 is 0 Å². The minimum Gasteiger partial charge on any atom is -0.267 e. The molecule has 0 fully saturated rings. The molecule has 0 aromatic heterocycles. The maximum absolute atomic E-state index is 13.3. The summed E-state index contributed by atoms with van der Waals surface area (Å²) in [7, 11) is 0. The summed E-state index contributed by atoms with van der Waals surface area (Å²) in [5, 5.41) is 3.64. The largest absolute Gasteiger partial charge is 0.274 e. The van der Waals surface area contributed by atoms with E-state index in [2.05, 4.69) is 10.5 Å². The van der Waals surface area contributed by atoms with Crippen LogP contribution in [0.25, 0.3) is 0 Å². The summed E-state index contributed by atoms with van der Waals surface area (Å²) in [4.78, 5) is 11.6. The number of hydrogen-bond acceptors (Lipinski definition) is 2. The van der Waals surface area contributed by atoms with Gasteiger partial charge in [0.1, 0.15) is 11.6 Å². The molecule has 1 amide bonds. The Kier molecular flexibility index (Phi) is 3.97. The fourth-order valence-corrected chi connectivity index (χ4v) is 1.46. The van der Waals surface area contributed by atoms with Gasteiger partial charge in [0.05, 0.1) is 11.8 Å². The van der Waals surface area contributed by atoms with E-state index < -0.39 is 17.5 Å². The number of hydrogen-bond donors (Lipinski definition) is 1. The van der Waals surface area contributed by atoms with Crippen LogP contribution in [-0.2, 0) is 0 Å². The van der Waals surface area contributed by atoms with Crippen molar-refractivity contribution >= 4 is 12.1 Å². The zero-order chi connectivity index (χ0) is 13.7. The van der Waals surface area contributed by atoms with E-state index in [-0.39, 0.29) is 5.56 Å². The Bertz CT molecular complexity index is 626. The van der Waals surface area contributed by atoms with E-state index in [4.69, 9.17) is 0 Å². The summed E-state index contributed by atoms with van der Waals surface area (Å²) in [6, 6.07) is 11.3. The van der Waals surface area contributed by atoms with Gasteiger partial charge in [0.25, 0.3) is 5.91 Å². The first-order chi connectivity index (χ1) is 9.16. The average Bonchev–Trinajstić information content (AvgIpc) is 2.39. The molecule has 2 rings (SSSR count). The van der Waals surface area contributed by atoms with Crippen LogP contribution in [-0.4, -0.2) is 12.1 Å². The predicted octanol–water partition coefficient (Wildman–Crippen LogP) is 2.73. The molecule has 2 aromatic carbocycles. The Balaban J connectivity index is 2.03. The molecule has 0 spiro atoms. The molecular weight excluding hydrogens is 250 g/mol. The number of benzene rings is 2. The Morgan fingerprint density at radius 3 is 2.63 bits per heavy atom. The predicted molar refractivity (Wildman–Crippen MR) is 67.9 cm³/mol. The normalized spacial score (nSPS) is 10.6. The molecule has 0 atom stereocenters. The molecule has 0 aliphatic carbocycles. The van der Waals surface area contributed by atoms with Crippen molar-refractivity contribution < 1.29 is 13.6 Å². The lowest BCUT2D eigenvalue weighted by atomic mass is 10.2. The number of rotatable bonds is 3. The second-order valence-corrected chi connectivity index (χ2v) is 3.73. The first-order valence-corrected chi connectivity index (χ1v) is 5.50. The fourth-order valence-electron chi connectivity index (χ4n) is 1.46. The van der Waals surface area contributed by atoms with Gasteiger partial charge < -0.3 is 0 Å². The molecule has 19 heavy (non-hydrogen) atoms. The Morgan fingerprint density at radius 2 is 1.89 bits per heavy atom. The van der Waals surface area contributed by atoms with Crippen LogP contribution in [0.2, 0.25) is 0 Å². The van der Waals surface area contributed by atoms with E-state index in [1.165, 1.54) is 42.6 Å². The lowest BCUT2D eigenvalue weighted by Crippen LogP contribution is -2.18. The van der Waals surface area contributed by atoms with E-state index >= 15 is 0 Å². The number of halogens is 2. The lowest BCUT2D eigenvalue weighted by molar-refractivity contribution is 0.0951. The van der Waals surface area contributed by atoms with Crippen molar-refractivity contribution in [3.63, 3.8) is 0 Å². The summed E-state index contributed by atoms with van der Waals surface area (Å²) >= 11 is 0. The second kappa shape index (κ2) is 5.86. The van der Waals surface area contributed by atoms with Gasteiger partial charge in [-0.3, -0.25) is 4.79 Å². The van der Waals surface area contributed by atoms with Gasteiger partial charge in [0.15, 0.2) is 0 Å². The van der Waals surface area contributed by atoms with Crippen LogP contribution in [0.15, 0.2) is 53.6 Å². The number of hydrazone groups is 1. The SMILES string of the molecule is O=C(N/N=C/c1cccc(F)c1)c1ccccc1F. The molecule has 5 heteroatoms. The quantitative estimate of drug-likeness (QED) is 0.669. The van der Waals surface area contributed by atoms with Gasteiger partial charge in [-0.1, -0.05) is 24.3 Å². The van der Waals surface area contributed by atoms with Gasteiger partial charge in [-0.25, -0.2) is 14.2 Å². The van der Waals surface area contributed by atoms with Gasteiger partial charge in [-0.2, -0.15) is 5.10 Å². The number of nitrogens with zero attached hydrogens (tertiary/aromatic N) is 1. The van der Waals surface area contributed by atoms with Crippen LogP contribution in [0.3, 0.4) is 0 Å². The molecule has 0 aliphatic heterocycles. The van der Waals surface area contributed by atoms with E-state index in [1.807, 2.05) is 0 Å². The summed E-state index contributed by atoms with van der Waals surface area (Å²) in [5.74, 6) is -1.68. The van der Waals surface area contributed by atoms with Crippen LogP contribution in [0.1, 0.15) is 15.9 Å². The number of carbonyl (C=O) groups excluding carboxylic acids is 1. The number of carbonyl (C=O) groups is 1. The minimum atomic E-state index is -0.661. The highest BCUT2D eigenvalue weighted by molar-refractivity contribution is 5.95. The summed E-state index contributed by atoms with van der Waals surface area (Å²) < 4.78 is 26.2. The van der Waals surface area contributed by atoms with Crippen molar-refractivity contribution in [3.8, 4) is 0 Å². The molecule has 0 bridgehead atoms. The van der Waals surface area contributed by atoms with E-state index in [9.17, 15) is 13.6 Å². The maximum Gasteiger partial charge on any atom is 0.274 e. The third-order valence-corrected chi connectivity index (χ3v) is 2.35. The number of nitrogens with one attached hydrogen (secondary N) is 1. The molecule has 0 saturated heterocycles. The molecule has 0 heterocycles. The molecule has 96 valence electrons. The maximum atomic E-state index is 13.3. The molecular formula is C14H10F2N2O. The topological polar surface area (TPSA) is 41.5 Å².